The lowest BCUT2D eigenvalue weighted by Gasteiger charge is -2.14. The van der Waals surface area contributed by atoms with Crippen molar-refractivity contribution in [2.24, 2.45) is 0 Å². The van der Waals surface area contributed by atoms with Gasteiger partial charge < -0.3 is 14.8 Å². The molecule has 0 amide bonds. The number of rotatable bonds is 5. The number of hydrogen-bond donors (Lipinski definition) is 1. The van der Waals surface area contributed by atoms with Crippen LogP contribution < -0.4 is 14.8 Å². The quantitative estimate of drug-likeness (QED) is 0.897. The van der Waals surface area contributed by atoms with Crippen molar-refractivity contribution in [1.82, 2.24) is 0 Å². The summed E-state index contributed by atoms with van der Waals surface area (Å²) in [5.41, 5.74) is 2.51. The first-order valence-corrected chi connectivity index (χ1v) is 7.43. The van der Waals surface area contributed by atoms with Gasteiger partial charge in [0.1, 0.15) is 0 Å². The monoisotopic (exact) mass is 275 g/mol. The van der Waals surface area contributed by atoms with E-state index in [9.17, 15) is 0 Å². The number of nitrogens with one attached hydrogen (secondary N) is 1. The Morgan fingerprint density at radius 1 is 1.26 bits per heavy atom. The van der Waals surface area contributed by atoms with Gasteiger partial charge in [-0.25, -0.2) is 0 Å². The maximum Gasteiger partial charge on any atom is 0.231 e. The van der Waals surface area contributed by atoms with Crippen LogP contribution in [-0.4, -0.2) is 12.8 Å². The largest absolute Gasteiger partial charge is 0.454 e. The van der Waals surface area contributed by atoms with Crippen LogP contribution in [0, 0.1) is 0 Å². The first-order chi connectivity index (χ1) is 9.31. The molecule has 0 saturated heterocycles. The molecule has 1 aromatic carbocycles. The van der Waals surface area contributed by atoms with Crippen LogP contribution in [0.5, 0.6) is 11.5 Å². The van der Waals surface area contributed by atoms with Gasteiger partial charge in [0.05, 0.1) is 0 Å². The van der Waals surface area contributed by atoms with Crippen LogP contribution in [0.3, 0.4) is 0 Å². The lowest BCUT2D eigenvalue weighted by atomic mass is 10.1. The molecule has 1 aliphatic heterocycles. The number of anilines is 1. The van der Waals surface area contributed by atoms with Crippen LogP contribution in [0.25, 0.3) is 0 Å². The summed E-state index contributed by atoms with van der Waals surface area (Å²) in [4.78, 5) is 0. The second-order valence-electron chi connectivity index (χ2n) is 4.78. The normalized spacial score (nSPS) is 14.4. The molecule has 1 N–H and O–H groups in total. The van der Waals surface area contributed by atoms with Crippen LogP contribution in [0.1, 0.15) is 18.9 Å². The lowest BCUT2D eigenvalue weighted by molar-refractivity contribution is 0.174. The fourth-order valence-electron chi connectivity index (χ4n) is 2.18. The topological polar surface area (TPSA) is 30.5 Å². The Balaban J connectivity index is 1.54. The van der Waals surface area contributed by atoms with Crippen molar-refractivity contribution in [2.45, 2.75) is 25.8 Å². The van der Waals surface area contributed by atoms with Crippen LogP contribution in [0.2, 0.25) is 0 Å². The van der Waals surface area contributed by atoms with Crippen LogP contribution in [-0.2, 0) is 6.42 Å². The number of fused-ring (bicyclic) bond motifs is 1. The Morgan fingerprint density at radius 3 is 3.00 bits per heavy atom. The number of benzene rings is 1. The molecular formula is C15H17NO2S. The molecule has 1 unspecified atom stereocenters. The number of thiophene rings is 1. The van der Waals surface area contributed by atoms with Crippen molar-refractivity contribution in [3.63, 3.8) is 0 Å². The Morgan fingerprint density at radius 2 is 2.16 bits per heavy atom. The van der Waals surface area contributed by atoms with Gasteiger partial charge in [0, 0.05) is 17.1 Å². The molecule has 0 aliphatic carbocycles. The van der Waals surface area contributed by atoms with Gasteiger partial charge in [-0.05, 0) is 48.9 Å². The van der Waals surface area contributed by atoms with Gasteiger partial charge in [-0.3, -0.25) is 0 Å². The van der Waals surface area contributed by atoms with E-state index >= 15 is 0 Å². The molecule has 0 radical (unpaired) electrons. The average Bonchev–Trinajstić information content (AvgIpc) is 3.06. The molecule has 2 heterocycles. The van der Waals surface area contributed by atoms with Crippen molar-refractivity contribution < 1.29 is 9.47 Å². The molecule has 3 nitrogen and oxygen atoms in total. The molecule has 4 heteroatoms. The summed E-state index contributed by atoms with van der Waals surface area (Å²) in [5, 5.41) is 7.73. The molecule has 0 fully saturated rings. The van der Waals surface area contributed by atoms with E-state index in [2.05, 4.69) is 41.2 Å². The van der Waals surface area contributed by atoms with Crippen LogP contribution in [0.15, 0.2) is 35.0 Å². The Labute approximate surface area is 117 Å². The predicted molar refractivity (Wildman–Crippen MR) is 78.3 cm³/mol. The highest BCUT2D eigenvalue weighted by molar-refractivity contribution is 7.08. The van der Waals surface area contributed by atoms with Crippen molar-refractivity contribution in [3.8, 4) is 11.5 Å². The summed E-state index contributed by atoms with van der Waals surface area (Å²) in [6.45, 7) is 2.56. The summed E-state index contributed by atoms with van der Waals surface area (Å²) in [6.07, 6.45) is 2.13. The first kappa shape index (κ1) is 12.4. The van der Waals surface area contributed by atoms with Crippen LogP contribution in [0.4, 0.5) is 5.69 Å². The summed E-state index contributed by atoms with van der Waals surface area (Å²) >= 11 is 1.72. The molecule has 19 heavy (non-hydrogen) atoms. The fourth-order valence-corrected chi connectivity index (χ4v) is 2.78. The van der Waals surface area contributed by atoms with Crippen LogP contribution >= 0.6 is 11.3 Å². The molecule has 0 saturated carbocycles. The van der Waals surface area contributed by atoms with Crippen molar-refractivity contribution >= 4 is 17.0 Å². The molecule has 2 aromatic rings. The number of hydrogen-bond acceptors (Lipinski definition) is 4. The molecule has 1 aromatic heterocycles. The smallest absolute Gasteiger partial charge is 0.231 e. The van der Waals surface area contributed by atoms with Gasteiger partial charge in [0.15, 0.2) is 11.5 Å². The minimum absolute atomic E-state index is 0.342. The van der Waals surface area contributed by atoms with E-state index in [-0.39, 0.29) is 0 Å². The van der Waals surface area contributed by atoms with E-state index in [1.54, 1.807) is 11.3 Å². The summed E-state index contributed by atoms with van der Waals surface area (Å²) < 4.78 is 10.7. The van der Waals surface area contributed by atoms with E-state index in [1.165, 1.54) is 11.3 Å². The van der Waals surface area contributed by atoms with Crippen molar-refractivity contribution in [2.75, 3.05) is 12.1 Å². The standard InChI is InChI=1S/C15H17NO2S/c1-11(16-13-6-7-19-9-13)2-3-12-4-5-14-15(8-12)18-10-17-14/h4-9,11,16H,2-3,10H2,1H3. The molecule has 0 spiro atoms. The van der Waals surface area contributed by atoms with Crippen molar-refractivity contribution in [3.05, 3.63) is 40.6 Å². The predicted octanol–water partition coefficient (Wildman–Crippen LogP) is 3.91. The van der Waals surface area contributed by atoms with Gasteiger partial charge in [-0.2, -0.15) is 11.3 Å². The molecule has 0 bridgehead atoms. The van der Waals surface area contributed by atoms with Gasteiger partial charge in [-0.1, -0.05) is 6.07 Å². The third-order valence-electron chi connectivity index (χ3n) is 3.24. The van der Waals surface area contributed by atoms with E-state index < -0.39 is 0 Å². The molecule has 1 atom stereocenters. The first-order valence-electron chi connectivity index (χ1n) is 6.48. The Kier molecular flexibility index (Phi) is 3.60. The maximum atomic E-state index is 5.39. The van der Waals surface area contributed by atoms with E-state index in [0.717, 1.165) is 24.3 Å². The lowest BCUT2D eigenvalue weighted by Crippen LogP contribution is -2.15. The highest BCUT2D eigenvalue weighted by Gasteiger charge is 2.13. The van der Waals surface area contributed by atoms with Gasteiger partial charge in [0.2, 0.25) is 6.79 Å². The molecule has 100 valence electrons. The highest BCUT2D eigenvalue weighted by atomic mass is 32.1. The number of ether oxygens (including phenoxy) is 2. The molecule has 3 rings (SSSR count). The Bertz CT molecular complexity index is 539. The third kappa shape index (κ3) is 3.01. The SMILES string of the molecule is CC(CCc1ccc2c(c1)OCO2)Nc1ccsc1. The number of aryl methyl sites for hydroxylation is 1. The Hall–Kier alpha value is -1.68. The fraction of sp³-hybridized carbons (Fsp3) is 0.333. The van der Waals surface area contributed by atoms with Crippen molar-refractivity contribution in [1.29, 1.82) is 0 Å². The average molecular weight is 275 g/mol. The maximum absolute atomic E-state index is 5.39. The highest BCUT2D eigenvalue weighted by Crippen LogP contribution is 2.32. The minimum Gasteiger partial charge on any atom is -0.454 e. The third-order valence-corrected chi connectivity index (χ3v) is 3.92. The summed E-state index contributed by atoms with van der Waals surface area (Å²) in [7, 11) is 0. The second kappa shape index (κ2) is 5.53. The zero-order valence-electron chi connectivity index (χ0n) is 10.9. The van der Waals surface area contributed by atoms with E-state index in [0.29, 0.717) is 12.8 Å². The van der Waals surface area contributed by atoms with Gasteiger partial charge in [0.25, 0.3) is 0 Å². The van der Waals surface area contributed by atoms with E-state index in [1.807, 2.05) is 6.07 Å². The zero-order chi connectivity index (χ0) is 13.1. The summed E-state index contributed by atoms with van der Waals surface area (Å²) in [5.74, 6) is 1.73. The molecule has 1 aliphatic rings. The zero-order valence-corrected chi connectivity index (χ0v) is 11.7. The summed E-state index contributed by atoms with van der Waals surface area (Å²) in [6, 6.07) is 8.76. The van der Waals surface area contributed by atoms with Gasteiger partial charge >= 0.3 is 0 Å². The van der Waals surface area contributed by atoms with E-state index in [4.69, 9.17) is 9.47 Å². The molecular weight excluding hydrogens is 258 g/mol. The minimum atomic E-state index is 0.342. The second-order valence-corrected chi connectivity index (χ2v) is 5.56. The van der Waals surface area contributed by atoms with Gasteiger partial charge in [-0.15, -0.1) is 0 Å².